The molecule has 100 valence electrons. The third kappa shape index (κ3) is 2.53. The standard InChI is InChI=1S/C15H18N2S2/c1-2-10-8-11(13-4-3-6-18-13)9-12(14(10)16)15-17-5-7-19-15/h3-4,6,8-9,15,17H,2,5,7,16H2,1H3. The van der Waals surface area contributed by atoms with Crippen LogP contribution in [0.15, 0.2) is 29.6 Å². The van der Waals surface area contributed by atoms with Crippen LogP contribution in [-0.4, -0.2) is 12.3 Å². The Morgan fingerprint density at radius 1 is 1.42 bits per heavy atom. The molecule has 2 aromatic rings. The summed E-state index contributed by atoms with van der Waals surface area (Å²) < 4.78 is 0. The Balaban J connectivity index is 2.09. The van der Waals surface area contributed by atoms with E-state index in [-0.39, 0.29) is 0 Å². The molecule has 0 saturated carbocycles. The van der Waals surface area contributed by atoms with E-state index in [2.05, 4.69) is 41.9 Å². The van der Waals surface area contributed by atoms with Crippen LogP contribution in [-0.2, 0) is 6.42 Å². The van der Waals surface area contributed by atoms with Crippen LogP contribution in [0.1, 0.15) is 23.4 Å². The lowest BCUT2D eigenvalue weighted by molar-refractivity contribution is 0.752. The predicted octanol–water partition coefficient (Wildman–Crippen LogP) is 3.89. The summed E-state index contributed by atoms with van der Waals surface area (Å²) in [5.74, 6) is 1.16. The van der Waals surface area contributed by atoms with Crippen molar-refractivity contribution in [2.75, 3.05) is 18.0 Å². The van der Waals surface area contributed by atoms with Gasteiger partial charge in [-0.3, -0.25) is 0 Å². The molecule has 4 heteroatoms. The zero-order valence-electron chi connectivity index (χ0n) is 11.0. The molecule has 19 heavy (non-hydrogen) atoms. The first-order valence-corrected chi connectivity index (χ1v) is 8.53. The van der Waals surface area contributed by atoms with Gasteiger partial charge in [-0.05, 0) is 41.1 Å². The second kappa shape index (κ2) is 5.57. The third-order valence-electron chi connectivity index (χ3n) is 3.48. The number of nitrogen functional groups attached to an aromatic ring is 1. The van der Waals surface area contributed by atoms with Crippen LogP contribution in [0.25, 0.3) is 10.4 Å². The molecule has 3 rings (SSSR count). The average Bonchev–Trinajstić information content (AvgIpc) is 3.12. The number of nitrogens with two attached hydrogens (primary N) is 1. The fraction of sp³-hybridized carbons (Fsp3) is 0.333. The lowest BCUT2D eigenvalue weighted by atomic mass is 10.00. The number of rotatable bonds is 3. The lowest BCUT2D eigenvalue weighted by Gasteiger charge is -2.17. The highest BCUT2D eigenvalue weighted by atomic mass is 32.2. The highest BCUT2D eigenvalue weighted by molar-refractivity contribution is 7.99. The molecule has 1 aliphatic rings. The Labute approximate surface area is 122 Å². The fourth-order valence-corrected chi connectivity index (χ4v) is 4.25. The van der Waals surface area contributed by atoms with E-state index in [1.54, 1.807) is 11.3 Å². The first-order chi connectivity index (χ1) is 9.29. The number of anilines is 1. The summed E-state index contributed by atoms with van der Waals surface area (Å²) in [5.41, 5.74) is 11.1. The van der Waals surface area contributed by atoms with Gasteiger partial charge in [0.25, 0.3) is 0 Å². The van der Waals surface area contributed by atoms with Crippen LogP contribution < -0.4 is 11.1 Å². The fourth-order valence-electron chi connectivity index (χ4n) is 2.46. The van der Waals surface area contributed by atoms with E-state index in [0.29, 0.717) is 5.37 Å². The third-order valence-corrected chi connectivity index (χ3v) is 5.60. The van der Waals surface area contributed by atoms with Crippen LogP contribution in [0, 0.1) is 0 Å². The molecule has 1 atom stereocenters. The summed E-state index contributed by atoms with van der Waals surface area (Å²) in [5, 5.41) is 6.00. The number of thiophene rings is 1. The molecule has 1 saturated heterocycles. The minimum Gasteiger partial charge on any atom is -0.398 e. The van der Waals surface area contributed by atoms with Crippen molar-refractivity contribution in [3.63, 3.8) is 0 Å². The Morgan fingerprint density at radius 3 is 2.95 bits per heavy atom. The lowest BCUT2D eigenvalue weighted by Crippen LogP contribution is -2.14. The Kier molecular flexibility index (Phi) is 3.82. The SMILES string of the molecule is CCc1cc(-c2cccs2)cc(C2NCCS2)c1N. The molecule has 1 aliphatic heterocycles. The smallest absolute Gasteiger partial charge is 0.0810 e. The van der Waals surface area contributed by atoms with Crippen molar-refractivity contribution < 1.29 is 0 Å². The van der Waals surface area contributed by atoms with Gasteiger partial charge in [-0.1, -0.05) is 13.0 Å². The quantitative estimate of drug-likeness (QED) is 0.842. The van der Waals surface area contributed by atoms with Gasteiger partial charge >= 0.3 is 0 Å². The zero-order valence-corrected chi connectivity index (χ0v) is 12.6. The summed E-state index contributed by atoms with van der Waals surface area (Å²) in [7, 11) is 0. The van der Waals surface area contributed by atoms with E-state index in [4.69, 9.17) is 5.73 Å². The van der Waals surface area contributed by atoms with Gasteiger partial charge in [-0.25, -0.2) is 0 Å². The van der Waals surface area contributed by atoms with Gasteiger partial charge in [0, 0.05) is 28.4 Å². The zero-order chi connectivity index (χ0) is 13.2. The van der Waals surface area contributed by atoms with Gasteiger partial charge in [0.2, 0.25) is 0 Å². The molecule has 2 heterocycles. The number of hydrogen-bond acceptors (Lipinski definition) is 4. The molecule has 0 bridgehead atoms. The molecule has 0 aliphatic carbocycles. The molecular weight excluding hydrogens is 272 g/mol. The maximum absolute atomic E-state index is 6.35. The number of hydrogen-bond donors (Lipinski definition) is 2. The molecule has 1 aromatic carbocycles. The molecular formula is C15H18N2S2. The van der Waals surface area contributed by atoms with E-state index in [9.17, 15) is 0 Å². The highest BCUT2D eigenvalue weighted by Crippen LogP contribution is 2.38. The number of aryl methyl sites for hydroxylation is 1. The minimum absolute atomic E-state index is 0.352. The van der Waals surface area contributed by atoms with Crippen molar-refractivity contribution in [3.8, 4) is 10.4 Å². The van der Waals surface area contributed by atoms with E-state index in [1.807, 2.05) is 11.8 Å². The van der Waals surface area contributed by atoms with Crippen LogP contribution in [0.5, 0.6) is 0 Å². The Bertz CT molecular complexity index is 558. The van der Waals surface area contributed by atoms with E-state index >= 15 is 0 Å². The predicted molar refractivity (Wildman–Crippen MR) is 86.7 cm³/mol. The van der Waals surface area contributed by atoms with Gasteiger partial charge in [-0.2, -0.15) is 0 Å². The first-order valence-electron chi connectivity index (χ1n) is 6.60. The topological polar surface area (TPSA) is 38.0 Å². The van der Waals surface area contributed by atoms with Gasteiger partial charge in [0.15, 0.2) is 0 Å². The summed E-state index contributed by atoms with van der Waals surface area (Å²) in [6, 6.07) is 8.78. The van der Waals surface area contributed by atoms with Gasteiger partial charge in [0.1, 0.15) is 0 Å². The number of nitrogens with one attached hydrogen (secondary N) is 1. The molecule has 0 amide bonds. The van der Waals surface area contributed by atoms with E-state index in [1.165, 1.54) is 21.6 Å². The molecule has 3 N–H and O–H groups in total. The molecule has 1 aromatic heterocycles. The summed E-state index contributed by atoms with van der Waals surface area (Å²) in [4.78, 5) is 1.32. The second-order valence-corrected chi connectivity index (χ2v) is 6.83. The van der Waals surface area contributed by atoms with Gasteiger partial charge in [0.05, 0.1) is 5.37 Å². The van der Waals surface area contributed by atoms with Crippen LogP contribution in [0.3, 0.4) is 0 Å². The summed E-state index contributed by atoms with van der Waals surface area (Å²) in [6.45, 7) is 3.24. The second-order valence-electron chi connectivity index (χ2n) is 4.67. The summed E-state index contributed by atoms with van der Waals surface area (Å²) >= 11 is 3.73. The normalized spacial score (nSPS) is 18.9. The van der Waals surface area contributed by atoms with Gasteiger partial charge < -0.3 is 11.1 Å². The maximum atomic E-state index is 6.35. The van der Waals surface area contributed by atoms with Crippen LogP contribution in [0.2, 0.25) is 0 Å². The van der Waals surface area contributed by atoms with Crippen molar-refractivity contribution in [3.05, 3.63) is 40.8 Å². The Morgan fingerprint density at radius 2 is 2.32 bits per heavy atom. The Hall–Kier alpha value is -0.970. The largest absolute Gasteiger partial charge is 0.398 e. The minimum atomic E-state index is 0.352. The maximum Gasteiger partial charge on any atom is 0.0810 e. The molecule has 0 spiro atoms. The molecule has 1 unspecified atom stereocenters. The van der Waals surface area contributed by atoms with Crippen molar-refractivity contribution in [1.29, 1.82) is 0 Å². The molecule has 0 radical (unpaired) electrons. The van der Waals surface area contributed by atoms with Crippen molar-refractivity contribution in [2.24, 2.45) is 0 Å². The van der Waals surface area contributed by atoms with Crippen molar-refractivity contribution in [1.82, 2.24) is 5.32 Å². The van der Waals surface area contributed by atoms with Crippen molar-refractivity contribution >= 4 is 28.8 Å². The highest BCUT2D eigenvalue weighted by Gasteiger charge is 2.21. The monoisotopic (exact) mass is 290 g/mol. The van der Waals surface area contributed by atoms with Crippen molar-refractivity contribution in [2.45, 2.75) is 18.7 Å². The molecule has 1 fully saturated rings. The first kappa shape index (κ1) is 13.0. The number of benzene rings is 1. The average molecular weight is 290 g/mol. The van der Waals surface area contributed by atoms with Gasteiger partial charge in [-0.15, -0.1) is 23.1 Å². The summed E-state index contributed by atoms with van der Waals surface area (Å²) in [6.07, 6.45) is 0.982. The number of thioether (sulfide) groups is 1. The molecule has 2 nitrogen and oxygen atoms in total. The van der Waals surface area contributed by atoms with E-state index in [0.717, 1.165) is 24.4 Å². The van der Waals surface area contributed by atoms with Crippen LogP contribution >= 0.6 is 23.1 Å². The van der Waals surface area contributed by atoms with Crippen LogP contribution in [0.4, 0.5) is 5.69 Å². The van der Waals surface area contributed by atoms with E-state index < -0.39 is 0 Å².